The molecule has 1 aliphatic rings. The van der Waals surface area contributed by atoms with Crippen LogP contribution in [0.5, 0.6) is 0 Å². The Morgan fingerprint density at radius 1 is 1.52 bits per heavy atom. The number of hydrogen-bond acceptors (Lipinski definition) is 5. The van der Waals surface area contributed by atoms with Crippen LogP contribution in [-0.4, -0.2) is 15.8 Å². The van der Waals surface area contributed by atoms with Crippen LogP contribution >= 0.6 is 23.1 Å². The number of aromatic nitrogens is 2. The van der Waals surface area contributed by atoms with Crippen LogP contribution in [-0.2, 0) is 19.4 Å². The molecular formula is C17H18N2O2S2. The van der Waals surface area contributed by atoms with Crippen LogP contribution < -0.4 is 5.56 Å². The predicted octanol–water partition coefficient (Wildman–Crippen LogP) is 3.95. The molecule has 0 radical (unpaired) electrons. The third-order valence-electron chi connectivity index (χ3n) is 4.46. The molecular weight excluding hydrogens is 328 g/mol. The maximum absolute atomic E-state index is 13.1. The zero-order valence-corrected chi connectivity index (χ0v) is 14.8. The molecule has 0 saturated heterocycles. The normalized spacial score (nSPS) is 17.6. The molecule has 1 atom stereocenters. The summed E-state index contributed by atoms with van der Waals surface area (Å²) in [6.07, 6.45) is 6.82. The fourth-order valence-electron chi connectivity index (χ4n) is 3.26. The van der Waals surface area contributed by atoms with Gasteiger partial charge in [-0.05, 0) is 49.1 Å². The summed E-state index contributed by atoms with van der Waals surface area (Å²) in [7, 11) is 0. The van der Waals surface area contributed by atoms with Crippen molar-refractivity contribution in [3.05, 3.63) is 45.0 Å². The predicted molar refractivity (Wildman–Crippen MR) is 94.7 cm³/mol. The fourth-order valence-corrected chi connectivity index (χ4v) is 5.24. The molecule has 0 fully saturated rings. The van der Waals surface area contributed by atoms with E-state index in [2.05, 4.69) is 6.92 Å². The van der Waals surface area contributed by atoms with Crippen molar-refractivity contribution in [2.24, 2.45) is 5.92 Å². The lowest BCUT2D eigenvalue weighted by atomic mass is 9.89. The number of hydrogen-bond donors (Lipinski definition) is 0. The Bertz CT molecular complexity index is 909. The fraction of sp³-hybridized carbons (Fsp3) is 0.412. The Labute approximate surface area is 142 Å². The van der Waals surface area contributed by atoms with Gasteiger partial charge in [-0.1, -0.05) is 18.7 Å². The second-order valence-electron chi connectivity index (χ2n) is 6.10. The molecule has 6 heteroatoms. The topological polar surface area (TPSA) is 48.0 Å². The van der Waals surface area contributed by atoms with Crippen LogP contribution in [0.15, 0.2) is 32.8 Å². The van der Waals surface area contributed by atoms with E-state index < -0.39 is 0 Å². The minimum absolute atomic E-state index is 0.0720. The summed E-state index contributed by atoms with van der Waals surface area (Å²) in [5.74, 6) is 1.47. The molecule has 3 heterocycles. The summed E-state index contributed by atoms with van der Waals surface area (Å²) in [5, 5.41) is 1.59. The number of thioether (sulfide) groups is 1. The van der Waals surface area contributed by atoms with Gasteiger partial charge in [0, 0.05) is 4.88 Å². The highest BCUT2D eigenvalue weighted by Gasteiger charge is 2.24. The maximum atomic E-state index is 13.1. The average molecular weight is 346 g/mol. The van der Waals surface area contributed by atoms with Gasteiger partial charge in [0.2, 0.25) is 0 Å². The van der Waals surface area contributed by atoms with Crippen molar-refractivity contribution in [2.75, 3.05) is 6.26 Å². The van der Waals surface area contributed by atoms with E-state index in [4.69, 9.17) is 9.40 Å². The SMILES string of the molecule is CSc1nc2sc3c(c2c(=O)n1Cc1ccco1)CC[C@H](C)C3. The molecule has 0 bridgehead atoms. The smallest absolute Gasteiger partial charge is 0.263 e. The van der Waals surface area contributed by atoms with E-state index in [0.29, 0.717) is 12.5 Å². The van der Waals surface area contributed by atoms with E-state index in [1.807, 2.05) is 18.4 Å². The van der Waals surface area contributed by atoms with E-state index in [1.165, 1.54) is 22.2 Å². The third-order valence-corrected chi connectivity index (χ3v) is 6.28. The van der Waals surface area contributed by atoms with Crippen molar-refractivity contribution in [1.29, 1.82) is 0 Å². The van der Waals surface area contributed by atoms with Crippen LogP contribution in [0.4, 0.5) is 0 Å². The average Bonchev–Trinajstić information content (AvgIpc) is 3.16. The number of furan rings is 1. The van der Waals surface area contributed by atoms with Crippen molar-refractivity contribution in [3.63, 3.8) is 0 Å². The van der Waals surface area contributed by atoms with E-state index in [-0.39, 0.29) is 5.56 Å². The van der Waals surface area contributed by atoms with Gasteiger partial charge in [0.15, 0.2) is 5.16 Å². The van der Waals surface area contributed by atoms with Crippen LogP contribution in [0.2, 0.25) is 0 Å². The molecule has 0 saturated carbocycles. The molecule has 0 spiro atoms. The lowest BCUT2D eigenvalue weighted by Crippen LogP contribution is -2.24. The minimum atomic E-state index is 0.0720. The molecule has 0 N–H and O–H groups in total. The first-order valence-corrected chi connectivity index (χ1v) is 9.83. The summed E-state index contributed by atoms with van der Waals surface area (Å²) < 4.78 is 7.16. The van der Waals surface area contributed by atoms with Crippen molar-refractivity contribution >= 4 is 33.3 Å². The summed E-state index contributed by atoms with van der Waals surface area (Å²) in [5.41, 5.74) is 1.31. The molecule has 120 valence electrons. The zero-order chi connectivity index (χ0) is 16.0. The number of thiophene rings is 1. The van der Waals surface area contributed by atoms with Gasteiger partial charge in [-0.15, -0.1) is 11.3 Å². The van der Waals surface area contributed by atoms with Crippen LogP contribution in [0, 0.1) is 5.92 Å². The number of aryl methyl sites for hydroxylation is 1. The second-order valence-corrected chi connectivity index (χ2v) is 7.96. The first-order valence-electron chi connectivity index (χ1n) is 7.79. The Kier molecular flexibility index (Phi) is 3.81. The molecule has 0 aliphatic heterocycles. The number of fused-ring (bicyclic) bond motifs is 3. The molecule has 4 nitrogen and oxygen atoms in total. The van der Waals surface area contributed by atoms with Gasteiger partial charge in [-0.3, -0.25) is 9.36 Å². The largest absolute Gasteiger partial charge is 0.467 e. The number of rotatable bonds is 3. The van der Waals surface area contributed by atoms with Gasteiger partial charge in [0.25, 0.3) is 5.56 Å². The highest BCUT2D eigenvalue weighted by atomic mass is 32.2. The molecule has 0 unspecified atom stereocenters. The third kappa shape index (κ3) is 2.54. The van der Waals surface area contributed by atoms with E-state index >= 15 is 0 Å². The van der Waals surface area contributed by atoms with Crippen LogP contribution in [0.3, 0.4) is 0 Å². The van der Waals surface area contributed by atoms with Gasteiger partial charge < -0.3 is 4.42 Å². The molecule has 0 aromatic carbocycles. The van der Waals surface area contributed by atoms with E-state index in [9.17, 15) is 4.79 Å². The van der Waals surface area contributed by atoms with Crippen LogP contribution in [0.25, 0.3) is 10.2 Å². The Morgan fingerprint density at radius 2 is 2.39 bits per heavy atom. The molecule has 0 amide bonds. The van der Waals surface area contributed by atoms with Gasteiger partial charge in [-0.25, -0.2) is 4.98 Å². The first kappa shape index (κ1) is 15.0. The minimum Gasteiger partial charge on any atom is -0.467 e. The Balaban J connectivity index is 1.92. The molecule has 4 rings (SSSR count). The quantitative estimate of drug-likeness (QED) is 0.532. The number of nitrogens with zero attached hydrogens (tertiary/aromatic N) is 2. The summed E-state index contributed by atoms with van der Waals surface area (Å²) >= 11 is 3.21. The van der Waals surface area contributed by atoms with Crippen molar-refractivity contribution < 1.29 is 4.42 Å². The second kappa shape index (κ2) is 5.83. The summed E-state index contributed by atoms with van der Waals surface area (Å²) in [6.45, 7) is 2.72. The van der Waals surface area contributed by atoms with Gasteiger partial charge in [0.1, 0.15) is 10.6 Å². The molecule has 23 heavy (non-hydrogen) atoms. The Morgan fingerprint density at radius 3 is 3.13 bits per heavy atom. The molecule has 1 aliphatic carbocycles. The zero-order valence-electron chi connectivity index (χ0n) is 13.2. The van der Waals surface area contributed by atoms with E-state index in [1.54, 1.807) is 22.2 Å². The van der Waals surface area contributed by atoms with Crippen molar-refractivity contribution in [1.82, 2.24) is 9.55 Å². The standard InChI is InChI=1S/C17H18N2O2S2/c1-10-5-6-12-13(8-10)23-15-14(12)16(20)19(17(18-15)22-2)9-11-4-3-7-21-11/h3-4,7,10H,5-6,8-9H2,1-2H3/t10-/m0/s1. The van der Waals surface area contributed by atoms with E-state index in [0.717, 1.165) is 40.4 Å². The maximum Gasteiger partial charge on any atom is 0.263 e. The molecule has 3 aromatic rings. The monoisotopic (exact) mass is 346 g/mol. The Hall–Kier alpha value is -1.53. The van der Waals surface area contributed by atoms with Crippen molar-refractivity contribution in [2.45, 2.75) is 37.9 Å². The summed E-state index contributed by atoms with van der Waals surface area (Å²) in [4.78, 5) is 20.1. The lowest BCUT2D eigenvalue weighted by molar-refractivity contribution is 0.476. The summed E-state index contributed by atoms with van der Waals surface area (Å²) in [6, 6.07) is 3.74. The highest BCUT2D eigenvalue weighted by molar-refractivity contribution is 7.98. The van der Waals surface area contributed by atoms with Gasteiger partial charge in [-0.2, -0.15) is 0 Å². The van der Waals surface area contributed by atoms with Crippen molar-refractivity contribution in [3.8, 4) is 0 Å². The lowest BCUT2D eigenvalue weighted by Gasteiger charge is -2.17. The van der Waals surface area contributed by atoms with Gasteiger partial charge in [0.05, 0.1) is 18.2 Å². The van der Waals surface area contributed by atoms with Crippen LogP contribution in [0.1, 0.15) is 29.5 Å². The van der Waals surface area contributed by atoms with Gasteiger partial charge >= 0.3 is 0 Å². The highest BCUT2D eigenvalue weighted by Crippen LogP contribution is 2.36. The molecule has 3 aromatic heterocycles. The first-order chi connectivity index (χ1) is 11.2.